The van der Waals surface area contributed by atoms with Crippen LogP contribution in [0.15, 0.2) is 66.9 Å². The average molecular weight is 415 g/mol. The van der Waals surface area contributed by atoms with E-state index in [0.29, 0.717) is 13.1 Å². The minimum atomic E-state index is -0.600. The van der Waals surface area contributed by atoms with Crippen molar-refractivity contribution in [1.29, 1.82) is 0 Å². The number of H-pyrrole nitrogens is 1. The van der Waals surface area contributed by atoms with Crippen LogP contribution in [0.2, 0.25) is 0 Å². The summed E-state index contributed by atoms with van der Waals surface area (Å²) in [4.78, 5) is 38.6. The van der Waals surface area contributed by atoms with Gasteiger partial charge in [-0.1, -0.05) is 18.2 Å². The Morgan fingerprint density at radius 2 is 1.87 bits per heavy atom. The fraction of sp³-hybridized carbons (Fsp3) is 0.130. The highest BCUT2D eigenvalue weighted by atomic mass is 19.1. The molecule has 0 bridgehead atoms. The number of hydrogen-bond donors (Lipinski definition) is 2. The number of carbonyl (C=O) groups is 2. The molecule has 0 saturated carbocycles. The zero-order valence-electron chi connectivity index (χ0n) is 16.4. The third-order valence-electron chi connectivity index (χ3n) is 5.26. The van der Waals surface area contributed by atoms with E-state index in [2.05, 4.69) is 20.3 Å². The molecule has 1 aliphatic rings. The van der Waals surface area contributed by atoms with Gasteiger partial charge in [-0.2, -0.15) is 0 Å². The van der Waals surface area contributed by atoms with E-state index in [0.717, 1.165) is 16.9 Å². The first kappa shape index (κ1) is 18.9. The zero-order valence-corrected chi connectivity index (χ0v) is 16.4. The van der Waals surface area contributed by atoms with Crippen LogP contribution in [0.25, 0.3) is 11.0 Å². The first-order valence-electron chi connectivity index (χ1n) is 9.84. The van der Waals surface area contributed by atoms with E-state index in [1.807, 2.05) is 24.3 Å². The molecule has 0 atom stereocenters. The Morgan fingerprint density at radius 1 is 1.06 bits per heavy atom. The molecular weight excluding hydrogens is 397 g/mol. The second kappa shape index (κ2) is 7.64. The predicted octanol–water partition coefficient (Wildman–Crippen LogP) is 3.59. The Morgan fingerprint density at radius 3 is 2.65 bits per heavy atom. The zero-order chi connectivity index (χ0) is 21.4. The fourth-order valence-corrected chi connectivity index (χ4v) is 3.64. The van der Waals surface area contributed by atoms with Crippen LogP contribution in [0, 0.1) is 5.82 Å². The second-order valence-corrected chi connectivity index (χ2v) is 7.44. The quantitative estimate of drug-likeness (QED) is 0.533. The van der Waals surface area contributed by atoms with Crippen molar-refractivity contribution in [3.8, 4) is 0 Å². The highest BCUT2D eigenvalue weighted by molar-refractivity contribution is 6.04. The molecule has 0 aliphatic carbocycles. The van der Waals surface area contributed by atoms with Gasteiger partial charge < -0.3 is 15.2 Å². The van der Waals surface area contributed by atoms with Crippen molar-refractivity contribution in [2.45, 2.75) is 5.92 Å². The number of para-hydroxylation sites is 2. The first-order valence-corrected chi connectivity index (χ1v) is 9.84. The van der Waals surface area contributed by atoms with Crippen molar-refractivity contribution in [2.24, 2.45) is 0 Å². The lowest BCUT2D eigenvalue weighted by atomic mass is 9.98. The molecule has 1 fully saturated rings. The van der Waals surface area contributed by atoms with E-state index in [9.17, 15) is 14.0 Å². The van der Waals surface area contributed by atoms with Gasteiger partial charge in [0.05, 0.1) is 17.0 Å². The lowest BCUT2D eigenvalue weighted by Gasteiger charge is -2.38. The average Bonchev–Trinajstić information content (AvgIpc) is 3.16. The van der Waals surface area contributed by atoms with Gasteiger partial charge in [-0.3, -0.25) is 14.6 Å². The number of hydrogen-bond acceptors (Lipinski definition) is 4. The van der Waals surface area contributed by atoms with Crippen molar-refractivity contribution in [3.05, 3.63) is 89.8 Å². The number of likely N-dealkylation sites (tertiary alicyclic amines) is 1. The van der Waals surface area contributed by atoms with Crippen molar-refractivity contribution in [1.82, 2.24) is 19.9 Å². The number of imidazole rings is 1. The fourth-order valence-electron chi connectivity index (χ4n) is 3.64. The molecule has 2 aromatic carbocycles. The van der Waals surface area contributed by atoms with Crippen LogP contribution in [0.1, 0.15) is 32.6 Å². The summed E-state index contributed by atoms with van der Waals surface area (Å²) in [6.07, 6.45) is 1.50. The smallest absolute Gasteiger partial charge is 0.274 e. The maximum atomic E-state index is 14.1. The molecule has 2 amide bonds. The number of anilines is 1. The first-order chi connectivity index (χ1) is 15.1. The van der Waals surface area contributed by atoms with Crippen molar-refractivity contribution in [2.75, 3.05) is 18.4 Å². The van der Waals surface area contributed by atoms with Gasteiger partial charge in [0, 0.05) is 30.5 Å². The number of pyridine rings is 1. The molecule has 154 valence electrons. The molecule has 2 aromatic heterocycles. The number of carbonyl (C=O) groups excluding carboxylic acids is 2. The lowest BCUT2D eigenvalue weighted by Crippen LogP contribution is -2.48. The van der Waals surface area contributed by atoms with Gasteiger partial charge >= 0.3 is 0 Å². The molecule has 7 nitrogen and oxygen atoms in total. The van der Waals surface area contributed by atoms with Crippen molar-refractivity contribution >= 4 is 28.5 Å². The van der Waals surface area contributed by atoms with Crippen LogP contribution < -0.4 is 5.32 Å². The lowest BCUT2D eigenvalue weighted by molar-refractivity contribution is 0.0595. The molecule has 5 rings (SSSR count). The van der Waals surface area contributed by atoms with E-state index in [4.69, 9.17) is 0 Å². The summed E-state index contributed by atoms with van der Waals surface area (Å²) in [7, 11) is 0. The highest BCUT2D eigenvalue weighted by Gasteiger charge is 2.34. The number of halogens is 1. The number of nitrogens with one attached hydrogen (secondary N) is 2. The maximum absolute atomic E-state index is 14.1. The van der Waals surface area contributed by atoms with E-state index in [1.54, 1.807) is 23.1 Å². The second-order valence-electron chi connectivity index (χ2n) is 7.44. The third-order valence-corrected chi connectivity index (χ3v) is 5.26. The van der Waals surface area contributed by atoms with Gasteiger partial charge in [0.25, 0.3) is 11.8 Å². The number of benzene rings is 2. The molecule has 4 aromatic rings. The number of nitrogens with zero attached hydrogens (tertiary/aromatic N) is 3. The van der Waals surface area contributed by atoms with Crippen LogP contribution in [0.3, 0.4) is 0 Å². The Kier molecular flexibility index (Phi) is 4.66. The van der Waals surface area contributed by atoms with Crippen molar-refractivity contribution in [3.63, 3.8) is 0 Å². The molecule has 31 heavy (non-hydrogen) atoms. The number of amides is 2. The van der Waals surface area contributed by atoms with Crippen LogP contribution in [0.4, 0.5) is 10.1 Å². The topological polar surface area (TPSA) is 91.0 Å². The molecule has 0 radical (unpaired) electrons. The number of rotatable bonds is 4. The number of aromatic nitrogens is 3. The number of fused-ring (bicyclic) bond motifs is 1. The van der Waals surface area contributed by atoms with E-state index in [1.165, 1.54) is 24.4 Å². The van der Waals surface area contributed by atoms with Gasteiger partial charge in [0.1, 0.15) is 17.3 Å². The largest absolute Gasteiger partial charge is 0.342 e. The Balaban J connectivity index is 1.28. The van der Waals surface area contributed by atoms with E-state index >= 15 is 0 Å². The summed E-state index contributed by atoms with van der Waals surface area (Å²) >= 11 is 0. The van der Waals surface area contributed by atoms with E-state index in [-0.39, 0.29) is 28.8 Å². The van der Waals surface area contributed by atoms with Crippen LogP contribution in [-0.2, 0) is 0 Å². The normalized spacial score (nSPS) is 13.8. The van der Waals surface area contributed by atoms with Gasteiger partial charge in [-0.25, -0.2) is 9.37 Å². The molecule has 1 saturated heterocycles. The predicted molar refractivity (Wildman–Crippen MR) is 113 cm³/mol. The molecule has 3 heterocycles. The summed E-state index contributed by atoms with van der Waals surface area (Å²) in [6.45, 7) is 0.982. The highest BCUT2D eigenvalue weighted by Crippen LogP contribution is 2.28. The van der Waals surface area contributed by atoms with Crippen molar-refractivity contribution < 1.29 is 14.0 Å². The minimum Gasteiger partial charge on any atom is -0.342 e. The molecule has 8 heteroatoms. The Labute approximate surface area is 176 Å². The molecule has 0 spiro atoms. The van der Waals surface area contributed by atoms with Gasteiger partial charge in [-0.05, 0) is 42.5 Å². The molecule has 1 aliphatic heterocycles. The van der Waals surface area contributed by atoms with Gasteiger partial charge in [0.2, 0.25) is 0 Å². The Bertz CT molecular complexity index is 1250. The summed E-state index contributed by atoms with van der Waals surface area (Å²) < 4.78 is 14.1. The standard InChI is InChI=1S/C23H18FN5O2/c24-16-9-14(10-17(11-16)26-22(30)20-7-3-4-8-25-20)23(31)29-12-15(13-29)21-27-18-5-1-2-6-19(18)28-21/h1-11,15H,12-13H2,(H,26,30)(H,27,28). The SMILES string of the molecule is O=C(Nc1cc(F)cc(C(=O)N2CC(c3nc4ccccc4[nH]3)C2)c1)c1ccccn1. The van der Waals surface area contributed by atoms with E-state index < -0.39 is 11.7 Å². The summed E-state index contributed by atoms with van der Waals surface area (Å²) in [5.41, 5.74) is 2.44. The summed E-state index contributed by atoms with van der Waals surface area (Å²) in [5.74, 6) is -0.420. The summed E-state index contributed by atoms with van der Waals surface area (Å²) in [6, 6.07) is 16.5. The van der Waals surface area contributed by atoms with Gasteiger partial charge in [0.15, 0.2) is 0 Å². The van der Waals surface area contributed by atoms with Crippen LogP contribution in [0.5, 0.6) is 0 Å². The van der Waals surface area contributed by atoms with Gasteiger partial charge in [-0.15, -0.1) is 0 Å². The third kappa shape index (κ3) is 3.75. The van der Waals surface area contributed by atoms with Crippen LogP contribution in [-0.4, -0.2) is 44.8 Å². The Hall–Kier alpha value is -4.07. The number of aromatic amines is 1. The minimum absolute atomic E-state index is 0.105. The molecule has 0 unspecified atom stereocenters. The summed E-state index contributed by atoms with van der Waals surface area (Å²) in [5, 5.41) is 2.59. The monoisotopic (exact) mass is 415 g/mol. The maximum Gasteiger partial charge on any atom is 0.274 e. The van der Waals surface area contributed by atoms with Crippen LogP contribution >= 0.6 is 0 Å². The molecule has 2 N–H and O–H groups in total. The molecular formula is C23H18FN5O2.